The van der Waals surface area contributed by atoms with E-state index in [1.54, 1.807) is 24.3 Å². The molecule has 0 fully saturated rings. The second kappa shape index (κ2) is 7.97. The lowest BCUT2D eigenvalue weighted by molar-refractivity contribution is 0.0953. The summed E-state index contributed by atoms with van der Waals surface area (Å²) in [5, 5.41) is 6.77. The topological polar surface area (TPSA) is 71.1 Å². The first kappa shape index (κ1) is 17.9. The lowest BCUT2D eigenvalue weighted by Crippen LogP contribution is -2.24. The van der Waals surface area contributed by atoms with E-state index in [-0.39, 0.29) is 16.8 Å². The minimum Gasteiger partial charge on any atom is -0.352 e. The van der Waals surface area contributed by atoms with Crippen LogP contribution >= 0.6 is 11.6 Å². The molecule has 0 radical (unpaired) electrons. The van der Waals surface area contributed by atoms with Gasteiger partial charge in [0.05, 0.1) is 16.1 Å². The predicted octanol–water partition coefficient (Wildman–Crippen LogP) is 4.28. The molecule has 0 unspecified atom stereocenters. The summed E-state index contributed by atoms with van der Waals surface area (Å²) in [5.74, 6) is -0.569. The Labute approximate surface area is 156 Å². The average Bonchev–Trinajstić information content (AvgIpc) is 2.65. The third-order valence-corrected chi connectivity index (χ3v) is 4.15. The van der Waals surface area contributed by atoms with Crippen molar-refractivity contribution in [3.63, 3.8) is 0 Å². The Morgan fingerprint density at radius 1 is 1.04 bits per heavy atom. The number of nitrogens with zero attached hydrogens (tertiary/aromatic N) is 1. The van der Waals surface area contributed by atoms with E-state index in [1.165, 1.54) is 0 Å². The minimum absolute atomic E-state index is 0.231. The summed E-state index contributed by atoms with van der Waals surface area (Å²) >= 11 is 6.18. The third kappa shape index (κ3) is 4.00. The van der Waals surface area contributed by atoms with Crippen LogP contribution in [0.25, 0.3) is 10.9 Å². The number of anilines is 1. The molecule has 0 bridgehead atoms. The molecule has 3 rings (SSSR count). The van der Waals surface area contributed by atoms with Crippen molar-refractivity contribution in [2.75, 3.05) is 11.9 Å². The van der Waals surface area contributed by atoms with Gasteiger partial charge in [0, 0.05) is 17.6 Å². The smallest absolute Gasteiger partial charge is 0.274 e. The van der Waals surface area contributed by atoms with E-state index in [0.29, 0.717) is 23.5 Å². The van der Waals surface area contributed by atoms with Gasteiger partial charge in [0.1, 0.15) is 5.69 Å². The standard InChI is InChI=1S/C20H18ClN3O2/c1-2-11-22-19(25)15-9-8-14(12-16(15)21)23-20(26)18-10-7-13-5-3-4-6-17(13)24-18/h3-10,12H,2,11H2,1H3,(H,22,25)(H,23,26). The SMILES string of the molecule is CCCNC(=O)c1ccc(NC(=O)c2ccc3ccccc3n2)cc1Cl. The molecule has 6 heteroatoms. The van der Waals surface area contributed by atoms with Crippen LogP contribution in [0.1, 0.15) is 34.2 Å². The molecule has 0 atom stereocenters. The van der Waals surface area contributed by atoms with Crippen molar-refractivity contribution in [2.45, 2.75) is 13.3 Å². The summed E-state index contributed by atoms with van der Waals surface area (Å²) < 4.78 is 0. The van der Waals surface area contributed by atoms with Crippen LogP contribution in [-0.2, 0) is 0 Å². The Balaban J connectivity index is 1.76. The van der Waals surface area contributed by atoms with Crippen molar-refractivity contribution in [3.8, 4) is 0 Å². The van der Waals surface area contributed by atoms with E-state index in [4.69, 9.17) is 11.6 Å². The van der Waals surface area contributed by atoms with E-state index in [2.05, 4.69) is 15.6 Å². The van der Waals surface area contributed by atoms with Gasteiger partial charge in [-0.15, -0.1) is 0 Å². The van der Waals surface area contributed by atoms with Gasteiger partial charge >= 0.3 is 0 Å². The fraction of sp³-hybridized carbons (Fsp3) is 0.150. The van der Waals surface area contributed by atoms with E-state index in [9.17, 15) is 9.59 Å². The lowest BCUT2D eigenvalue weighted by Gasteiger charge is -2.09. The summed E-state index contributed by atoms with van der Waals surface area (Å²) in [6.45, 7) is 2.56. The first-order valence-corrected chi connectivity index (χ1v) is 8.71. The van der Waals surface area contributed by atoms with Crippen LogP contribution in [-0.4, -0.2) is 23.3 Å². The number of rotatable bonds is 5. The highest BCUT2D eigenvalue weighted by molar-refractivity contribution is 6.34. The Morgan fingerprint density at radius 3 is 2.62 bits per heavy atom. The highest BCUT2D eigenvalue weighted by Crippen LogP contribution is 2.22. The van der Waals surface area contributed by atoms with Crippen molar-refractivity contribution in [2.24, 2.45) is 0 Å². The largest absolute Gasteiger partial charge is 0.352 e. The molecular formula is C20H18ClN3O2. The van der Waals surface area contributed by atoms with Gasteiger partial charge in [-0.3, -0.25) is 9.59 Å². The molecule has 26 heavy (non-hydrogen) atoms. The predicted molar refractivity (Wildman–Crippen MR) is 104 cm³/mol. The minimum atomic E-state index is -0.338. The normalized spacial score (nSPS) is 10.5. The van der Waals surface area contributed by atoms with Crippen molar-refractivity contribution in [1.82, 2.24) is 10.3 Å². The molecule has 0 saturated carbocycles. The molecule has 132 valence electrons. The monoisotopic (exact) mass is 367 g/mol. The van der Waals surface area contributed by atoms with Gasteiger partial charge in [0.2, 0.25) is 0 Å². The van der Waals surface area contributed by atoms with Crippen LogP contribution in [0.2, 0.25) is 5.02 Å². The van der Waals surface area contributed by atoms with E-state index in [0.717, 1.165) is 17.3 Å². The Bertz CT molecular complexity index is 972. The molecule has 3 aromatic rings. The van der Waals surface area contributed by atoms with E-state index in [1.807, 2.05) is 37.3 Å². The van der Waals surface area contributed by atoms with Crippen LogP contribution in [0.3, 0.4) is 0 Å². The molecule has 5 nitrogen and oxygen atoms in total. The number of carbonyl (C=O) groups is 2. The zero-order valence-electron chi connectivity index (χ0n) is 14.3. The molecule has 2 aromatic carbocycles. The number of amides is 2. The fourth-order valence-electron chi connectivity index (χ4n) is 2.50. The maximum atomic E-state index is 12.4. The van der Waals surface area contributed by atoms with Crippen LogP contribution < -0.4 is 10.6 Å². The Kier molecular flexibility index (Phi) is 5.49. The highest BCUT2D eigenvalue weighted by atomic mass is 35.5. The van der Waals surface area contributed by atoms with E-state index >= 15 is 0 Å². The van der Waals surface area contributed by atoms with Gasteiger partial charge in [-0.05, 0) is 36.8 Å². The number of hydrogen-bond donors (Lipinski definition) is 2. The van der Waals surface area contributed by atoms with Crippen LogP contribution in [0.5, 0.6) is 0 Å². The first-order valence-electron chi connectivity index (χ1n) is 8.33. The number of benzene rings is 2. The number of para-hydroxylation sites is 1. The molecule has 2 amide bonds. The maximum absolute atomic E-state index is 12.4. The van der Waals surface area contributed by atoms with Crippen LogP contribution in [0.4, 0.5) is 5.69 Å². The zero-order valence-corrected chi connectivity index (χ0v) is 15.0. The second-order valence-electron chi connectivity index (χ2n) is 5.79. The molecule has 0 aliphatic rings. The molecule has 1 heterocycles. The number of fused-ring (bicyclic) bond motifs is 1. The van der Waals surface area contributed by atoms with Crippen molar-refractivity contribution >= 4 is 40.0 Å². The summed E-state index contributed by atoms with van der Waals surface area (Å²) in [6, 6.07) is 15.9. The number of halogens is 1. The van der Waals surface area contributed by atoms with Crippen molar-refractivity contribution in [1.29, 1.82) is 0 Å². The first-order chi connectivity index (χ1) is 12.6. The maximum Gasteiger partial charge on any atom is 0.274 e. The molecule has 0 aliphatic heterocycles. The van der Waals surface area contributed by atoms with Gasteiger partial charge in [-0.25, -0.2) is 4.98 Å². The molecular weight excluding hydrogens is 350 g/mol. The fourth-order valence-corrected chi connectivity index (χ4v) is 2.76. The van der Waals surface area contributed by atoms with Gasteiger partial charge < -0.3 is 10.6 Å². The summed E-state index contributed by atoms with van der Waals surface area (Å²) in [6.07, 6.45) is 0.844. The molecule has 1 aromatic heterocycles. The lowest BCUT2D eigenvalue weighted by atomic mass is 10.1. The molecule has 0 spiro atoms. The number of pyridine rings is 1. The average molecular weight is 368 g/mol. The van der Waals surface area contributed by atoms with Crippen LogP contribution in [0, 0.1) is 0 Å². The molecule has 0 saturated heterocycles. The van der Waals surface area contributed by atoms with Crippen LogP contribution in [0.15, 0.2) is 54.6 Å². The number of hydrogen-bond acceptors (Lipinski definition) is 3. The van der Waals surface area contributed by atoms with Gasteiger partial charge in [-0.1, -0.05) is 42.8 Å². The van der Waals surface area contributed by atoms with Gasteiger partial charge in [-0.2, -0.15) is 0 Å². The summed E-state index contributed by atoms with van der Waals surface area (Å²) in [5.41, 5.74) is 1.94. The second-order valence-corrected chi connectivity index (χ2v) is 6.20. The Hall–Kier alpha value is -2.92. The van der Waals surface area contributed by atoms with E-state index < -0.39 is 0 Å². The molecule has 2 N–H and O–H groups in total. The van der Waals surface area contributed by atoms with Crippen molar-refractivity contribution in [3.05, 3.63) is 70.9 Å². The third-order valence-electron chi connectivity index (χ3n) is 3.84. The molecule has 0 aliphatic carbocycles. The highest BCUT2D eigenvalue weighted by Gasteiger charge is 2.13. The number of aromatic nitrogens is 1. The number of carbonyl (C=O) groups excluding carboxylic acids is 2. The number of nitrogens with one attached hydrogen (secondary N) is 2. The Morgan fingerprint density at radius 2 is 1.85 bits per heavy atom. The van der Waals surface area contributed by atoms with Gasteiger partial charge in [0.25, 0.3) is 11.8 Å². The quantitative estimate of drug-likeness (QED) is 0.707. The summed E-state index contributed by atoms with van der Waals surface area (Å²) in [7, 11) is 0. The summed E-state index contributed by atoms with van der Waals surface area (Å²) in [4.78, 5) is 28.8. The zero-order chi connectivity index (χ0) is 18.5. The van der Waals surface area contributed by atoms with Gasteiger partial charge in [0.15, 0.2) is 0 Å². The van der Waals surface area contributed by atoms with Crippen molar-refractivity contribution < 1.29 is 9.59 Å².